The summed E-state index contributed by atoms with van der Waals surface area (Å²) in [6.07, 6.45) is 1.66. The van der Waals surface area contributed by atoms with Gasteiger partial charge in [-0.15, -0.1) is 11.3 Å². The molecule has 1 aromatic heterocycles. The Morgan fingerprint density at radius 1 is 1.19 bits per heavy atom. The zero-order valence-electron chi connectivity index (χ0n) is 17.7. The molecule has 1 fully saturated rings. The number of hydrogen-bond donors (Lipinski definition) is 1. The fourth-order valence-corrected chi connectivity index (χ4v) is 6.65. The lowest BCUT2D eigenvalue weighted by Crippen LogP contribution is -2.42. The van der Waals surface area contributed by atoms with Crippen molar-refractivity contribution < 1.29 is 18.0 Å². The summed E-state index contributed by atoms with van der Waals surface area (Å²) in [7, 11) is -3.64. The smallest absolute Gasteiger partial charge is 0.243 e. The van der Waals surface area contributed by atoms with E-state index in [4.69, 9.17) is 0 Å². The third kappa shape index (κ3) is 4.40. The Bertz CT molecular complexity index is 1070. The molecule has 9 heteroatoms. The van der Waals surface area contributed by atoms with Gasteiger partial charge in [-0.2, -0.15) is 4.31 Å². The van der Waals surface area contributed by atoms with Gasteiger partial charge in [-0.3, -0.25) is 9.59 Å². The zero-order chi connectivity index (χ0) is 22.2. The van der Waals surface area contributed by atoms with E-state index in [9.17, 15) is 18.0 Å². The number of benzene rings is 1. The summed E-state index contributed by atoms with van der Waals surface area (Å²) in [5.41, 5.74) is 1.67. The summed E-state index contributed by atoms with van der Waals surface area (Å²) >= 11 is 1.60. The van der Waals surface area contributed by atoms with Gasteiger partial charge in [-0.1, -0.05) is 6.07 Å². The topological polar surface area (TPSA) is 86.8 Å². The molecule has 0 bridgehead atoms. The van der Waals surface area contributed by atoms with Gasteiger partial charge in [0.05, 0.1) is 11.4 Å². The Morgan fingerprint density at radius 3 is 2.58 bits per heavy atom. The van der Waals surface area contributed by atoms with Crippen molar-refractivity contribution in [3.8, 4) is 0 Å². The zero-order valence-corrected chi connectivity index (χ0v) is 19.3. The number of carbonyl (C=O) groups is 2. The third-order valence-corrected chi connectivity index (χ3v) is 8.86. The number of rotatable bonds is 5. The van der Waals surface area contributed by atoms with Crippen molar-refractivity contribution in [1.29, 1.82) is 0 Å². The highest BCUT2D eigenvalue weighted by Crippen LogP contribution is 2.35. The predicted octanol–water partition coefficient (Wildman–Crippen LogP) is 2.76. The Kier molecular flexibility index (Phi) is 6.18. The number of fused-ring (bicyclic) bond motifs is 1. The van der Waals surface area contributed by atoms with Crippen LogP contribution >= 0.6 is 11.3 Å². The molecule has 1 N–H and O–H groups in total. The molecule has 0 aliphatic carbocycles. The quantitative estimate of drug-likeness (QED) is 0.742. The minimum atomic E-state index is -3.64. The molecular weight excluding hydrogens is 434 g/mol. The van der Waals surface area contributed by atoms with Crippen molar-refractivity contribution in [2.45, 2.75) is 50.6 Å². The standard InChI is InChI=1S/C22H27N3O4S2/c1-15-12-18-13-20(5-6-21(18)25(15)16(2)26)31(28,29)24-9-7-17(8-10-24)22(27)23-14-19-4-3-11-30-19/h3-6,11,13,15,17H,7-10,12,14H2,1-2H3,(H,23,27)/t15-/m1/s1. The number of piperidine rings is 1. The molecule has 0 spiro atoms. The summed E-state index contributed by atoms with van der Waals surface area (Å²) in [5.74, 6) is -0.223. The van der Waals surface area contributed by atoms with Crippen LogP contribution in [0.4, 0.5) is 5.69 Å². The molecule has 7 nitrogen and oxygen atoms in total. The number of thiophene rings is 1. The second kappa shape index (κ2) is 8.72. The van der Waals surface area contributed by atoms with Gasteiger partial charge < -0.3 is 10.2 Å². The first kappa shape index (κ1) is 22.0. The van der Waals surface area contributed by atoms with E-state index in [-0.39, 0.29) is 28.7 Å². The van der Waals surface area contributed by atoms with Crippen LogP contribution in [-0.2, 0) is 32.6 Å². The van der Waals surface area contributed by atoms with Crippen molar-refractivity contribution >= 4 is 38.9 Å². The first-order valence-corrected chi connectivity index (χ1v) is 12.8. The molecule has 2 aliphatic heterocycles. The normalized spacial score (nSPS) is 19.9. The molecular formula is C22H27N3O4S2. The van der Waals surface area contributed by atoms with Gasteiger partial charge >= 0.3 is 0 Å². The second-order valence-electron chi connectivity index (χ2n) is 8.21. The Labute approximate surface area is 187 Å². The molecule has 0 radical (unpaired) electrons. The number of anilines is 1. The SMILES string of the molecule is CC(=O)N1c2ccc(S(=O)(=O)N3CCC(C(=O)NCc4cccs4)CC3)cc2C[C@H]1C. The number of hydrogen-bond acceptors (Lipinski definition) is 5. The van der Waals surface area contributed by atoms with Crippen molar-refractivity contribution in [3.63, 3.8) is 0 Å². The van der Waals surface area contributed by atoms with Crippen LogP contribution in [0.2, 0.25) is 0 Å². The van der Waals surface area contributed by atoms with E-state index in [1.54, 1.807) is 34.4 Å². The number of nitrogens with zero attached hydrogens (tertiary/aromatic N) is 2. The third-order valence-electron chi connectivity index (χ3n) is 6.09. The van der Waals surface area contributed by atoms with Gasteiger partial charge in [0.25, 0.3) is 0 Å². The molecule has 3 heterocycles. The maximum absolute atomic E-state index is 13.2. The molecule has 166 valence electrons. The molecule has 2 aliphatic rings. The number of sulfonamides is 1. The molecule has 1 atom stereocenters. The van der Waals surface area contributed by atoms with Crippen LogP contribution in [0.1, 0.15) is 37.1 Å². The highest BCUT2D eigenvalue weighted by molar-refractivity contribution is 7.89. The van der Waals surface area contributed by atoms with Crippen molar-refractivity contribution in [1.82, 2.24) is 9.62 Å². The van der Waals surface area contributed by atoms with Gasteiger partial charge in [0.2, 0.25) is 21.8 Å². The van der Waals surface area contributed by atoms with Crippen molar-refractivity contribution in [2.24, 2.45) is 5.92 Å². The van der Waals surface area contributed by atoms with Gasteiger partial charge in [-0.05, 0) is 61.4 Å². The first-order valence-electron chi connectivity index (χ1n) is 10.5. The van der Waals surface area contributed by atoms with Crippen LogP contribution < -0.4 is 10.2 Å². The lowest BCUT2D eigenvalue weighted by Gasteiger charge is -2.30. The highest BCUT2D eigenvalue weighted by atomic mass is 32.2. The number of carbonyl (C=O) groups excluding carboxylic acids is 2. The van der Waals surface area contributed by atoms with E-state index in [0.717, 1.165) is 16.1 Å². The lowest BCUT2D eigenvalue weighted by molar-refractivity contribution is -0.126. The van der Waals surface area contributed by atoms with Gasteiger partial charge in [0.15, 0.2) is 0 Å². The molecule has 0 saturated carbocycles. The average Bonchev–Trinajstić information content (AvgIpc) is 3.38. The van der Waals surface area contributed by atoms with E-state index in [0.29, 0.717) is 38.9 Å². The van der Waals surface area contributed by atoms with E-state index in [1.165, 1.54) is 11.2 Å². The minimum Gasteiger partial charge on any atom is -0.351 e. The summed E-state index contributed by atoms with van der Waals surface area (Å²) < 4.78 is 27.8. The second-order valence-corrected chi connectivity index (χ2v) is 11.2. The fraction of sp³-hybridized carbons (Fsp3) is 0.455. The minimum absolute atomic E-state index is 0.0127. The van der Waals surface area contributed by atoms with Crippen molar-refractivity contribution in [2.75, 3.05) is 18.0 Å². The summed E-state index contributed by atoms with van der Waals surface area (Å²) in [6, 6.07) is 8.97. The Morgan fingerprint density at radius 2 is 1.94 bits per heavy atom. The molecule has 2 aromatic rings. The Hall–Kier alpha value is -2.23. The van der Waals surface area contributed by atoms with E-state index >= 15 is 0 Å². The molecule has 2 amide bonds. The van der Waals surface area contributed by atoms with Gasteiger partial charge in [-0.25, -0.2) is 8.42 Å². The maximum atomic E-state index is 13.2. The summed E-state index contributed by atoms with van der Waals surface area (Å²) in [4.78, 5) is 27.4. The van der Waals surface area contributed by atoms with Crippen LogP contribution in [0.3, 0.4) is 0 Å². The maximum Gasteiger partial charge on any atom is 0.243 e. The van der Waals surface area contributed by atoms with Crippen LogP contribution in [0.25, 0.3) is 0 Å². The lowest BCUT2D eigenvalue weighted by atomic mass is 9.97. The van der Waals surface area contributed by atoms with E-state index in [1.807, 2.05) is 24.4 Å². The van der Waals surface area contributed by atoms with E-state index in [2.05, 4.69) is 5.32 Å². The molecule has 1 aromatic carbocycles. The van der Waals surface area contributed by atoms with Crippen LogP contribution in [-0.4, -0.2) is 43.7 Å². The summed E-state index contributed by atoms with van der Waals surface area (Å²) in [6.45, 7) is 4.65. The van der Waals surface area contributed by atoms with Crippen LogP contribution in [0.5, 0.6) is 0 Å². The highest BCUT2D eigenvalue weighted by Gasteiger charge is 2.34. The summed E-state index contributed by atoms with van der Waals surface area (Å²) in [5, 5.41) is 4.93. The van der Waals surface area contributed by atoms with Crippen LogP contribution in [0.15, 0.2) is 40.6 Å². The van der Waals surface area contributed by atoms with Gasteiger partial charge in [0, 0.05) is 42.5 Å². The fourth-order valence-electron chi connectivity index (χ4n) is 4.49. The Balaban J connectivity index is 1.40. The number of nitrogens with one attached hydrogen (secondary N) is 1. The van der Waals surface area contributed by atoms with Gasteiger partial charge in [0.1, 0.15) is 0 Å². The largest absolute Gasteiger partial charge is 0.351 e. The average molecular weight is 462 g/mol. The molecule has 31 heavy (non-hydrogen) atoms. The van der Waals surface area contributed by atoms with E-state index < -0.39 is 10.0 Å². The molecule has 4 rings (SSSR count). The molecule has 1 saturated heterocycles. The monoisotopic (exact) mass is 461 g/mol. The predicted molar refractivity (Wildman–Crippen MR) is 120 cm³/mol. The van der Waals surface area contributed by atoms with Crippen LogP contribution in [0, 0.1) is 5.92 Å². The molecule has 0 unspecified atom stereocenters. The number of amides is 2. The first-order chi connectivity index (χ1) is 14.8. The van der Waals surface area contributed by atoms with Crippen molar-refractivity contribution in [3.05, 3.63) is 46.2 Å².